The molecule has 0 radical (unpaired) electrons. The van der Waals surface area contributed by atoms with Crippen LogP contribution in [0.5, 0.6) is 0 Å². The second-order valence-corrected chi connectivity index (χ2v) is 7.36. The highest BCUT2D eigenvalue weighted by Crippen LogP contribution is 2.47. The molecule has 2 aromatic heterocycles. The minimum absolute atomic E-state index is 0.0391. The molecule has 22 heavy (non-hydrogen) atoms. The van der Waals surface area contributed by atoms with E-state index in [0.29, 0.717) is 12.1 Å². The molecule has 0 bridgehead atoms. The van der Waals surface area contributed by atoms with E-state index in [0.717, 1.165) is 0 Å². The monoisotopic (exact) mass is 329 g/mol. The largest absolute Gasteiger partial charge is 0.389 e. The first-order valence-electron chi connectivity index (χ1n) is 6.66. The van der Waals surface area contributed by atoms with Gasteiger partial charge in [0.25, 0.3) is 5.56 Å². The van der Waals surface area contributed by atoms with Gasteiger partial charge in [-0.15, -0.1) is 0 Å². The zero-order valence-corrected chi connectivity index (χ0v) is 12.4. The molecule has 0 amide bonds. The Morgan fingerprint density at radius 1 is 1.55 bits per heavy atom. The normalized spacial score (nSPS) is 25.9. The van der Waals surface area contributed by atoms with Gasteiger partial charge in [-0.1, -0.05) is 0 Å². The van der Waals surface area contributed by atoms with Crippen LogP contribution in [-0.4, -0.2) is 46.2 Å². The Bertz CT molecular complexity index is 826. The van der Waals surface area contributed by atoms with Gasteiger partial charge in [0.1, 0.15) is 0 Å². The molecule has 3 rings (SSSR count). The molecule has 2 atom stereocenters. The van der Waals surface area contributed by atoms with Crippen molar-refractivity contribution < 1.29 is 19.5 Å². The highest BCUT2D eigenvalue weighted by molar-refractivity contribution is 7.51. The van der Waals surface area contributed by atoms with Crippen molar-refractivity contribution in [2.24, 2.45) is 0 Å². The summed E-state index contributed by atoms with van der Waals surface area (Å²) in [6.07, 6.45) is 1.74. The number of H-pyrrole nitrogens is 1. The van der Waals surface area contributed by atoms with Crippen molar-refractivity contribution in [2.45, 2.75) is 30.9 Å². The fraction of sp³-hybridized carbons (Fsp3) is 0.545. The van der Waals surface area contributed by atoms with Crippen molar-refractivity contribution in [3.05, 3.63) is 16.7 Å². The summed E-state index contributed by atoms with van der Waals surface area (Å²) in [7, 11) is -4.31. The van der Waals surface area contributed by atoms with Crippen molar-refractivity contribution in [3.63, 3.8) is 0 Å². The van der Waals surface area contributed by atoms with Gasteiger partial charge in [0, 0.05) is 6.04 Å². The summed E-state index contributed by atoms with van der Waals surface area (Å²) < 4.78 is 12.8. The van der Waals surface area contributed by atoms with Gasteiger partial charge >= 0.3 is 7.60 Å². The maximum atomic E-state index is 11.7. The lowest BCUT2D eigenvalue weighted by Gasteiger charge is -2.23. The Hall–Kier alpha value is -1.74. The Labute approximate surface area is 124 Å². The molecule has 1 aliphatic carbocycles. The van der Waals surface area contributed by atoms with Crippen molar-refractivity contribution in [1.29, 1.82) is 0 Å². The SMILES string of the molecule is Nc1nc2c(ncn2[C@@H]2CC[C@@](O)(CP(=O)(O)O)C2)c(=O)[nH]1. The third-order valence-electron chi connectivity index (χ3n) is 3.90. The third kappa shape index (κ3) is 2.78. The number of rotatable bonds is 3. The number of nitrogens with two attached hydrogens (primary N) is 1. The van der Waals surface area contributed by atoms with Crippen LogP contribution in [-0.2, 0) is 4.57 Å². The van der Waals surface area contributed by atoms with Gasteiger partial charge < -0.3 is 25.2 Å². The number of nitrogens with zero attached hydrogens (tertiary/aromatic N) is 3. The molecule has 1 fully saturated rings. The molecule has 6 N–H and O–H groups in total. The van der Waals surface area contributed by atoms with Crippen molar-refractivity contribution >= 4 is 24.7 Å². The third-order valence-corrected chi connectivity index (χ3v) is 4.90. The zero-order chi connectivity index (χ0) is 16.1. The lowest BCUT2D eigenvalue weighted by molar-refractivity contribution is 0.0625. The van der Waals surface area contributed by atoms with Gasteiger partial charge in [-0.25, -0.2) is 4.98 Å². The second-order valence-electron chi connectivity index (χ2n) is 5.72. The van der Waals surface area contributed by atoms with E-state index >= 15 is 0 Å². The van der Waals surface area contributed by atoms with Gasteiger partial charge in [-0.05, 0) is 19.3 Å². The summed E-state index contributed by atoms with van der Waals surface area (Å²) in [5, 5.41) is 10.3. The molecule has 0 aliphatic heterocycles. The van der Waals surface area contributed by atoms with Gasteiger partial charge in [-0.2, -0.15) is 4.98 Å². The average Bonchev–Trinajstić information content (AvgIpc) is 2.90. The number of hydrogen-bond donors (Lipinski definition) is 5. The highest BCUT2D eigenvalue weighted by atomic mass is 31.2. The van der Waals surface area contributed by atoms with Gasteiger partial charge in [0.05, 0.1) is 18.1 Å². The van der Waals surface area contributed by atoms with Crippen molar-refractivity contribution in [2.75, 3.05) is 11.9 Å². The molecule has 120 valence electrons. The van der Waals surface area contributed by atoms with E-state index in [1.165, 1.54) is 6.33 Å². The summed E-state index contributed by atoms with van der Waals surface area (Å²) in [5.74, 6) is -0.0391. The quantitative estimate of drug-likeness (QED) is 0.462. The summed E-state index contributed by atoms with van der Waals surface area (Å²) >= 11 is 0. The predicted octanol–water partition coefficient (Wildman–Crippen LogP) is -0.664. The van der Waals surface area contributed by atoms with Crippen LogP contribution in [0.25, 0.3) is 11.2 Å². The average molecular weight is 329 g/mol. The van der Waals surface area contributed by atoms with E-state index < -0.39 is 24.9 Å². The summed E-state index contributed by atoms with van der Waals surface area (Å²) in [6.45, 7) is 0. The number of aliphatic hydroxyl groups is 1. The van der Waals surface area contributed by atoms with Crippen LogP contribution in [0.4, 0.5) is 5.95 Å². The van der Waals surface area contributed by atoms with Gasteiger partial charge in [-0.3, -0.25) is 14.3 Å². The van der Waals surface area contributed by atoms with E-state index in [4.69, 9.17) is 15.5 Å². The van der Waals surface area contributed by atoms with Crippen LogP contribution in [0.3, 0.4) is 0 Å². The van der Waals surface area contributed by atoms with Crippen LogP contribution in [0.2, 0.25) is 0 Å². The number of nitrogens with one attached hydrogen (secondary N) is 1. The number of imidazole rings is 1. The fourth-order valence-electron chi connectivity index (χ4n) is 3.05. The molecule has 0 spiro atoms. The number of aromatic amines is 1. The molecule has 1 saturated carbocycles. The molecule has 2 aromatic rings. The summed E-state index contributed by atoms with van der Waals surface area (Å²) in [6, 6.07) is -0.254. The molecule has 0 aromatic carbocycles. The summed E-state index contributed by atoms with van der Waals surface area (Å²) in [4.78, 5) is 40.3. The number of fused-ring (bicyclic) bond motifs is 1. The lowest BCUT2D eigenvalue weighted by atomic mass is 10.1. The van der Waals surface area contributed by atoms with Crippen LogP contribution in [0.1, 0.15) is 25.3 Å². The van der Waals surface area contributed by atoms with E-state index in [1.807, 2.05) is 0 Å². The number of aromatic nitrogens is 4. The van der Waals surface area contributed by atoms with E-state index in [-0.39, 0.29) is 30.3 Å². The molecular formula is C11H16N5O5P. The molecular weight excluding hydrogens is 313 g/mol. The topological polar surface area (TPSA) is 167 Å². The smallest absolute Gasteiger partial charge is 0.328 e. The van der Waals surface area contributed by atoms with Crippen molar-refractivity contribution in [3.8, 4) is 0 Å². The maximum absolute atomic E-state index is 11.7. The number of nitrogen functional groups attached to an aromatic ring is 1. The molecule has 2 heterocycles. The van der Waals surface area contributed by atoms with Crippen LogP contribution in [0.15, 0.2) is 11.1 Å². The zero-order valence-electron chi connectivity index (χ0n) is 11.5. The Morgan fingerprint density at radius 3 is 2.95 bits per heavy atom. The van der Waals surface area contributed by atoms with Crippen LogP contribution < -0.4 is 11.3 Å². The molecule has 1 aliphatic rings. The Kier molecular flexibility index (Phi) is 3.37. The first-order chi connectivity index (χ1) is 10.2. The van der Waals surface area contributed by atoms with Crippen LogP contribution in [0, 0.1) is 0 Å². The lowest BCUT2D eigenvalue weighted by Crippen LogP contribution is -2.30. The molecule has 11 heteroatoms. The first-order valence-corrected chi connectivity index (χ1v) is 8.46. The van der Waals surface area contributed by atoms with Crippen molar-refractivity contribution in [1.82, 2.24) is 19.5 Å². The number of hydrogen-bond acceptors (Lipinski definition) is 6. The highest BCUT2D eigenvalue weighted by Gasteiger charge is 2.43. The predicted molar refractivity (Wildman–Crippen MR) is 77.3 cm³/mol. The van der Waals surface area contributed by atoms with Crippen LogP contribution >= 0.6 is 7.60 Å². The number of anilines is 1. The standard InChI is InChI=1S/C11H16N5O5P/c12-10-14-8-7(9(17)15-10)13-5-16(8)6-1-2-11(18,3-6)4-22(19,20)21/h5-6,18H,1-4H2,(H2,19,20,21)(H3,12,14,15,17)/t6-,11+/m1/s1. The maximum Gasteiger partial charge on any atom is 0.328 e. The first kappa shape index (κ1) is 15.2. The fourth-order valence-corrected chi connectivity index (χ4v) is 4.11. The molecule has 0 saturated heterocycles. The van der Waals surface area contributed by atoms with Gasteiger partial charge in [0.2, 0.25) is 5.95 Å². The minimum Gasteiger partial charge on any atom is -0.389 e. The van der Waals surface area contributed by atoms with Gasteiger partial charge in [0.15, 0.2) is 11.2 Å². The minimum atomic E-state index is -4.31. The van der Waals surface area contributed by atoms with E-state index in [9.17, 15) is 14.5 Å². The molecule has 0 unspecified atom stereocenters. The van der Waals surface area contributed by atoms with E-state index in [1.54, 1.807) is 4.57 Å². The second kappa shape index (κ2) is 4.88. The Morgan fingerprint density at radius 2 is 2.27 bits per heavy atom. The molecule has 10 nitrogen and oxygen atoms in total. The Balaban J connectivity index is 1.94. The van der Waals surface area contributed by atoms with E-state index in [2.05, 4.69) is 15.0 Å². The summed E-state index contributed by atoms with van der Waals surface area (Å²) in [5.41, 5.74) is 4.07.